The maximum absolute atomic E-state index is 13.0. The highest BCUT2D eigenvalue weighted by Crippen LogP contribution is 2.36. The van der Waals surface area contributed by atoms with Crippen LogP contribution in [-0.2, 0) is 0 Å². The van der Waals surface area contributed by atoms with E-state index in [-0.39, 0.29) is 5.91 Å². The predicted molar refractivity (Wildman–Crippen MR) is 128 cm³/mol. The van der Waals surface area contributed by atoms with Crippen molar-refractivity contribution in [3.05, 3.63) is 65.1 Å². The van der Waals surface area contributed by atoms with E-state index in [1.807, 2.05) is 41.3 Å². The molecule has 1 N–H and O–H groups in total. The average molecular weight is 462 g/mol. The molecule has 0 bridgehead atoms. The molecule has 0 unspecified atom stereocenters. The molecule has 2 fully saturated rings. The molecule has 2 aromatic heterocycles. The molecule has 2 aromatic carbocycles. The summed E-state index contributed by atoms with van der Waals surface area (Å²) in [6, 6.07) is 15.7. The van der Waals surface area contributed by atoms with Crippen LogP contribution < -0.4 is 4.90 Å². The van der Waals surface area contributed by atoms with Gasteiger partial charge in [0.1, 0.15) is 5.69 Å². The minimum absolute atomic E-state index is 0.0247. The summed E-state index contributed by atoms with van der Waals surface area (Å²) in [7, 11) is 0. The van der Waals surface area contributed by atoms with Gasteiger partial charge in [-0.05, 0) is 61.4 Å². The van der Waals surface area contributed by atoms with Gasteiger partial charge in [0.15, 0.2) is 0 Å². The number of amides is 1. The predicted octanol–water partition coefficient (Wildman–Crippen LogP) is 5.10. The first kappa shape index (κ1) is 20.3. The number of piperazine rings is 1. The van der Waals surface area contributed by atoms with E-state index in [0.717, 1.165) is 54.0 Å². The maximum atomic E-state index is 13.0. The summed E-state index contributed by atoms with van der Waals surface area (Å²) in [5, 5.41) is 5.77. The monoisotopic (exact) mass is 461 g/mol. The fourth-order valence-electron chi connectivity index (χ4n) is 4.55. The third-order valence-electron chi connectivity index (χ3n) is 6.77. The maximum Gasteiger partial charge on any atom is 0.270 e. The lowest BCUT2D eigenvalue weighted by Crippen LogP contribution is -2.48. The van der Waals surface area contributed by atoms with Gasteiger partial charge in [-0.2, -0.15) is 4.98 Å². The molecule has 1 amide bonds. The topological polar surface area (TPSA) is 78.3 Å². The number of nitrogens with one attached hydrogen (secondary N) is 1. The van der Waals surface area contributed by atoms with Gasteiger partial charge in [0.2, 0.25) is 11.7 Å². The molecule has 3 heterocycles. The van der Waals surface area contributed by atoms with Gasteiger partial charge in [-0.1, -0.05) is 23.2 Å². The van der Waals surface area contributed by atoms with Crippen LogP contribution >= 0.6 is 11.6 Å². The van der Waals surface area contributed by atoms with E-state index in [1.54, 1.807) is 0 Å². The Labute approximate surface area is 196 Å². The number of H-pyrrole nitrogens is 1. The van der Waals surface area contributed by atoms with Crippen molar-refractivity contribution in [3.8, 4) is 11.4 Å². The molecule has 0 atom stereocenters. The van der Waals surface area contributed by atoms with Crippen molar-refractivity contribution < 1.29 is 9.32 Å². The third kappa shape index (κ3) is 3.86. The number of carbonyl (C=O) groups excluding carboxylic acids is 1. The fraction of sp³-hybridized carbons (Fsp3) is 0.320. The second-order valence-electron chi connectivity index (χ2n) is 8.82. The summed E-state index contributed by atoms with van der Waals surface area (Å²) < 4.78 is 5.45. The molecule has 7 nitrogen and oxygen atoms in total. The van der Waals surface area contributed by atoms with E-state index in [1.165, 1.54) is 6.42 Å². The number of nitrogens with zero attached hydrogens (tertiary/aromatic N) is 4. The molecule has 1 saturated carbocycles. The van der Waals surface area contributed by atoms with E-state index < -0.39 is 0 Å². The molecule has 0 radical (unpaired) electrons. The van der Waals surface area contributed by atoms with Gasteiger partial charge in [0, 0.05) is 59.3 Å². The van der Waals surface area contributed by atoms with Crippen LogP contribution in [0, 0.1) is 0 Å². The van der Waals surface area contributed by atoms with Crippen LogP contribution in [0.1, 0.15) is 41.6 Å². The summed E-state index contributed by atoms with van der Waals surface area (Å²) in [5.41, 5.74) is 3.61. The van der Waals surface area contributed by atoms with Crippen LogP contribution in [0.2, 0.25) is 5.02 Å². The number of anilines is 1. The highest BCUT2D eigenvalue weighted by atomic mass is 35.5. The molecule has 168 valence electrons. The zero-order chi connectivity index (χ0) is 22.4. The van der Waals surface area contributed by atoms with Crippen molar-refractivity contribution in [3.63, 3.8) is 0 Å². The zero-order valence-corrected chi connectivity index (χ0v) is 18.9. The lowest BCUT2D eigenvalue weighted by atomic mass is 9.85. The number of rotatable bonds is 4. The average Bonchev–Trinajstić information content (AvgIpc) is 3.45. The Bertz CT molecular complexity index is 1300. The first-order valence-electron chi connectivity index (χ1n) is 11.4. The Morgan fingerprint density at radius 3 is 2.55 bits per heavy atom. The lowest BCUT2D eigenvalue weighted by molar-refractivity contribution is 0.0742. The second-order valence-corrected chi connectivity index (χ2v) is 9.26. The van der Waals surface area contributed by atoms with Crippen LogP contribution in [0.25, 0.3) is 22.3 Å². The van der Waals surface area contributed by atoms with Crippen molar-refractivity contribution in [2.45, 2.75) is 25.2 Å². The molecule has 1 aliphatic heterocycles. The minimum Gasteiger partial charge on any atom is -0.368 e. The Morgan fingerprint density at radius 1 is 1.03 bits per heavy atom. The molecular weight excluding hydrogens is 438 g/mol. The summed E-state index contributed by atoms with van der Waals surface area (Å²) in [6.45, 7) is 2.91. The smallest absolute Gasteiger partial charge is 0.270 e. The first-order chi connectivity index (χ1) is 16.1. The largest absolute Gasteiger partial charge is 0.368 e. The Balaban J connectivity index is 1.09. The van der Waals surface area contributed by atoms with Gasteiger partial charge < -0.3 is 19.3 Å². The van der Waals surface area contributed by atoms with E-state index in [4.69, 9.17) is 16.1 Å². The summed E-state index contributed by atoms with van der Waals surface area (Å²) in [6.07, 6.45) is 3.53. The van der Waals surface area contributed by atoms with Crippen LogP contribution in [0.5, 0.6) is 0 Å². The van der Waals surface area contributed by atoms with Crippen LogP contribution in [0.4, 0.5) is 5.69 Å². The number of aromatic amines is 1. The second kappa shape index (κ2) is 8.23. The molecule has 1 saturated heterocycles. The number of hydrogen-bond acceptors (Lipinski definition) is 5. The zero-order valence-electron chi connectivity index (χ0n) is 18.1. The van der Waals surface area contributed by atoms with E-state index >= 15 is 0 Å². The SMILES string of the molecule is O=C(c1cc2cc(Cl)ccc2[nH]1)N1CCN(c2ccc(-c3noc(C4CCC4)n3)cc2)CC1. The minimum atomic E-state index is 0.0247. The molecular formula is C25H24ClN5O2. The van der Waals surface area contributed by atoms with Gasteiger partial charge in [-0.3, -0.25) is 4.79 Å². The van der Waals surface area contributed by atoms with E-state index in [9.17, 15) is 4.79 Å². The molecule has 4 aromatic rings. The van der Waals surface area contributed by atoms with Gasteiger partial charge in [-0.25, -0.2) is 0 Å². The van der Waals surface area contributed by atoms with Gasteiger partial charge in [0.05, 0.1) is 0 Å². The van der Waals surface area contributed by atoms with Crippen molar-refractivity contribution in [2.75, 3.05) is 31.1 Å². The van der Waals surface area contributed by atoms with E-state index in [0.29, 0.717) is 35.5 Å². The summed E-state index contributed by atoms with van der Waals surface area (Å²) >= 11 is 6.07. The Kier molecular flexibility index (Phi) is 5.06. The normalized spacial score (nSPS) is 16.9. The Morgan fingerprint density at radius 2 is 1.82 bits per heavy atom. The molecule has 8 heteroatoms. The van der Waals surface area contributed by atoms with Gasteiger partial charge in [-0.15, -0.1) is 0 Å². The standard InChI is InChI=1S/C25H24ClN5O2/c26-19-6-9-21-18(14-19)15-22(27-21)25(32)31-12-10-30(11-13-31)20-7-4-16(5-8-20)23-28-24(33-29-23)17-2-1-3-17/h4-9,14-15,17,27H,1-3,10-13H2. The number of fused-ring (bicyclic) bond motifs is 1. The lowest BCUT2D eigenvalue weighted by Gasteiger charge is -2.36. The van der Waals surface area contributed by atoms with Gasteiger partial charge >= 0.3 is 0 Å². The first-order valence-corrected chi connectivity index (χ1v) is 11.8. The fourth-order valence-corrected chi connectivity index (χ4v) is 4.73. The highest BCUT2D eigenvalue weighted by molar-refractivity contribution is 6.31. The molecule has 2 aliphatic rings. The van der Waals surface area contributed by atoms with Crippen molar-refractivity contribution in [1.29, 1.82) is 0 Å². The molecule has 1 aliphatic carbocycles. The molecule has 6 rings (SSSR count). The highest BCUT2D eigenvalue weighted by Gasteiger charge is 2.26. The number of aromatic nitrogens is 3. The van der Waals surface area contributed by atoms with Gasteiger partial charge in [0.25, 0.3) is 5.91 Å². The van der Waals surface area contributed by atoms with Crippen LogP contribution in [0.15, 0.2) is 53.1 Å². The molecule has 0 spiro atoms. The summed E-state index contributed by atoms with van der Waals surface area (Å²) in [4.78, 5) is 25.0. The van der Waals surface area contributed by atoms with E-state index in [2.05, 4.69) is 32.2 Å². The number of hydrogen-bond donors (Lipinski definition) is 1. The summed E-state index contributed by atoms with van der Waals surface area (Å²) in [5.74, 6) is 1.88. The van der Waals surface area contributed by atoms with Crippen LogP contribution in [0.3, 0.4) is 0 Å². The van der Waals surface area contributed by atoms with Crippen LogP contribution in [-0.4, -0.2) is 52.1 Å². The molecule has 33 heavy (non-hydrogen) atoms. The quantitative estimate of drug-likeness (QED) is 0.457. The number of halogens is 1. The third-order valence-corrected chi connectivity index (χ3v) is 7.00. The van der Waals surface area contributed by atoms with Crippen molar-refractivity contribution >= 4 is 34.1 Å². The number of carbonyl (C=O) groups is 1. The number of benzene rings is 2. The van der Waals surface area contributed by atoms with Crippen molar-refractivity contribution in [1.82, 2.24) is 20.0 Å². The Hall–Kier alpha value is -3.32. The van der Waals surface area contributed by atoms with Crippen molar-refractivity contribution in [2.24, 2.45) is 0 Å².